The van der Waals surface area contributed by atoms with Crippen LogP contribution >= 0.6 is 34.3 Å². The van der Waals surface area contributed by atoms with Gasteiger partial charge in [0.25, 0.3) is 0 Å². The maximum Gasteiger partial charge on any atom is 0.348 e. The molecule has 0 atom stereocenters. The molecule has 0 aliphatic rings. The smallest absolute Gasteiger partial charge is 0.348 e. The third-order valence-corrected chi connectivity index (χ3v) is 5.50. The highest BCUT2D eigenvalue weighted by atomic mass is 35.5. The van der Waals surface area contributed by atoms with Crippen molar-refractivity contribution in [3.8, 4) is 0 Å². The van der Waals surface area contributed by atoms with E-state index >= 15 is 0 Å². The number of nitrogens with zero attached hydrogens (tertiary/aromatic N) is 2. The maximum atomic E-state index is 12.1. The second kappa shape index (κ2) is 7.99. The number of ether oxygens (including phenoxy) is 1. The van der Waals surface area contributed by atoms with Crippen molar-refractivity contribution in [3.63, 3.8) is 0 Å². The summed E-state index contributed by atoms with van der Waals surface area (Å²) in [4.78, 5) is 31.6. The Bertz CT molecular complexity index is 951. The van der Waals surface area contributed by atoms with Gasteiger partial charge in [-0.3, -0.25) is 9.69 Å². The molecule has 0 fully saturated rings. The second-order valence-corrected chi connectivity index (χ2v) is 8.00. The Hall–Kier alpha value is -2.22. The lowest BCUT2D eigenvalue weighted by molar-refractivity contribution is -0.115. The molecule has 26 heavy (non-hydrogen) atoms. The van der Waals surface area contributed by atoms with E-state index < -0.39 is 0 Å². The van der Waals surface area contributed by atoms with Crippen LogP contribution in [0.25, 0.3) is 0 Å². The molecule has 3 rings (SSSR count). The highest BCUT2D eigenvalue weighted by Crippen LogP contribution is 2.30. The van der Waals surface area contributed by atoms with E-state index in [1.54, 1.807) is 35.7 Å². The van der Waals surface area contributed by atoms with Gasteiger partial charge in [-0.15, -0.1) is 22.7 Å². The topological polar surface area (TPSA) is 59.5 Å². The van der Waals surface area contributed by atoms with E-state index in [0.717, 1.165) is 4.88 Å². The third kappa shape index (κ3) is 4.30. The number of aromatic nitrogens is 1. The van der Waals surface area contributed by atoms with E-state index in [0.29, 0.717) is 26.4 Å². The lowest BCUT2D eigenvalue weighted by atomic mass is 10.3. The first-order valence-corrected chi connectivity index (χ1v) is 9.75. The minimum absolute atomic E-state index is 0.0492. The molecule has 0 bridgehead atoms. The van der Waals surface area contributed by atoms with Gasteiger partial charge in [-0.05, 0) is 37.3 Å². The van der Waals surface area contributed by atoms with Crippen molar-refractivity contribution in [2.45, 2.75) is 20.5 Å². The molecule has 5 nitrogen and oxygen atoms in total. The summed E-state index contributed by atoms with van der Waals surface area (Å²) in [7, 11) is 0. The molecule has 0 aliphatic heterocycles. The van der Waals surface area contributed by atoms with Crippen LogP contribution in [0.3, 0.4) is 0 Å². The van der Waals surface area contributed by atoms with Gasteiger partial charge in [0.1, 0.15) is 11.5 Å². The first-order chi connectivity index (χ1) is 12.4. The van der Waals surface area contributed by atoms with Crippen LogP contribution in [0.2, 0.25) is 5.02 Å². The summed E-state index contributed by atoms with van der Waals surface area (Å²) >= 11 is 8.71. The van der Waals surface area contributed by atoms with Gasteiger partial charge >= 0.3 is 5.97 Å². The van der Waals surface area contributed by atoms with Crippen LogP contribution < -0.4 is 4.90 Å². The second-order valence-electron chi connectivity index (χ2n) is 5.44. The molecule has 0 unspecified atom stereocenters. The molecule has 1 amide bonds. The van der Waals surface area contributed by atoms with Crippen molar-refractivity contribution in [1.82, 2.24) is 4.98 Å². The largest absolute Gasteiger partial charge is 0.455 e. The molecule has 2 aromatic heterocycles. The molecule has 0 radical (unpaired) electrons. The molecule has 0 N–H and O–H groups in total. The summed E-state index contributed by atoms with van der Waals surface area (Å²) < 4.78 is 5.30. The number of anilines is 2. The number of hydrogen-bond acceptors (Lipinski definition) is 6. The van der Waals surface area contributed by atoms with E-state index in [1.807, 2.05) is 13.0 Å². The first-order valence-electron chi connectivity index (χ1n) is 7.68. The zero-order valence-electron chi connectivity index (χ0n) is 14.1. The number of carbonyl (C=O) groups is 2. The molecular formula is C18H15ClN2O3S2. The molecule has 0 saturated carbocycles. The Morgan fingerprint density at radius 3 is 2.73 bits per heavy atom. The summed E-state index contributed by atoms with van der Waals surface area (Å²) in [5.41, 5.74) is 1.22. The number of hydrogen-bond donors (Lipinski definition) is 0. The summed E-state index contributed by atoms with van der Waals surface area (Å²) in [5, 5.41) is 2.80. The van der Waals surface area contributed by atoms with Crippen molar-refractivity contribution in [2.75, 3.05) is 4.90 Å². The highest BCUT2D eigenvalue weighted by Gasteiger charge is 2.19. The maximum absolute atomic E-state index is 12.1. The van der Waals surface area contributed by atoms with Crippen molar-refractivity contribution in [1.29, 1.82) is 0 Å². The number of carbonyl (C=O) groups excluding carboxylic acids is 2. The van der Waals surface area contributed by atoms with E-state index in [2.05, 4.69) is 4.98 Å². The monoisotopic (exact) mass is 406 g/mol. The van der Waals surface area contributed by atoms with Crippen molar-refractivity contribution < 1.29 is 14.3 Å². The zero-order chi connectivity index (χ0) is 18.7. The Labute approximate surface area is 163 Å². The Morgan fingerprint density at radius 2 is 2.08 bits per heavy atom. The number of rotatable bonds is 5. The molecule has 0 spiro atoms. The van der Waals surface area contributed by atoms with Gasteiger partial charge in [0.2, 0.25) is 5.91 Å². The third-order valence-electron chi connectivity index (χ3n) is 3.40. The average molecular weight is 407 g/mol. The number of aryl methyl sites for hydroxylation is 1. The van der Waals surface area contributed by atoms with Crippen LogP contribution in [0, 0.1) is 6.92 Å². The molecule has 0 aliphatic carbocycles. The lowest BCUT2D eigenvalue weighted by Crippen LogP contribution is -2.22. The summed E-state index contributed by atoms with van der Waals surface area (Å²) in [6.45, 7) is 3.44. The molecule has 134 valence electrons. The standard InChI is InChI=1S/C18H15ClN2O3S2/c1-11-6-7-16(26-11)17(23)24-9-14-10-25-18(20-14)21(12(2)22)15-5-3-4-13(19)8-15/h3-8,10H,9H2,1-2H3. The molecule has 0 saturated heterocycles. The minimum atomic E-state index is -0.379. The van der Waals surface area contributed by atoms with E-state index in [9.17, 15) is 9.59 Å². The van der Waals surface area contributed by atoms with Crippen LogP contribution in [0.1, 0.15) is 27.2 Å². The van der Waals surface area contributed by atoms with E-state index in [4.69, 9.17) is 16.3 Å². The molecule has 2 heterocycles. The predicted octanol–water partition coefficient (Wildman–Crippen LogP) is 5.21. The molecule has 8 heteroatoms. The van der Waals surface area contributed by atoms with Crippen molar-refractivity contribution in [3.05, 3.63) is 62.2 Å². The quantitative estimate of drug-likeness (QED) is 0.546. The van der Waals surface area contributed by atoms with Crippen LogP contribution in [0.15, 0.2) is 41.8 Å². The van der Waals surface area contributed by atoms with Gasteiger partial charge in [-0.25, -0.2) is 9.78 Å². The number of halogens is 1. The Balaban J connectivity index is 1.73. The van der Waals surface area contributed by atoms with Crippen LogP contribution in [0.4, 0.5) is 10.8 Å². The van der Waals surface area contributed by atoms with Crippen molar-refractivity contribution >= 4 is 57.0 Å². The molecule has 1 aromatic carbocycles. The van der Waals surface area contributed by atoms with Gasteiger partial charge in [0.15, 0.2) is 5.13 Å². The van der Waals surface area contributed by atoms with Gasteiger partial charge in [-0.1, -0.05) is 17.7 Å². The van der Waals surface area contributed by atoms with Gasteiger partial charge < -0.3 is 4.74 Å². The van der Waals surface area contributed by atoms with E-state index in [-0.39, 0.29) is 18.5 Å². The Morgan fingerprint density at radius 1 is 1.27 bits per heavy atom. The number of thiazole rings is 1. The lowest BCUT2D eigenvalue weighted by Gasteiger charge is -2.18. The molecular weight excluding hydrogens is 392 g/mol. The summed E-state index contributed by atoms with van der Waals surface area (Å²) in [6, 6.07) is 10.6. The van der Waals surface area contributed by atoms with Crippen molar-refractivity contribution in [2.24, 2.45) is 0 Å². The number of esters is 1. The molecule has 3 aromatic rings. The van der Waals surface area contributed by atoms with Gasteiger partial charge in [0.05, 0.1) is 11.4 Å². The number of thiophene rings is 1. The normalized spacial score (nSPS) is 10.6. The summed E-state index contributed by atoms with van der Waals surface area (Å²) in [6.07, 6.45) is 0. The Kier molecular flexibility index (Phi) is 5.70. The highest BCUT2D eigenvalue weighted by molar-refractivity contribution is 7.14. The fourth-order valence-corrected chi connectivity index (χ4v) is 4.08. The van der Waals surface area contributed by atoms with Crippen LogP contribution in [0.5, 0.6) is 0 Å². The fourth-order valence-electron chi connectivity index (χ4n) is 2.26. The first kappa shape index (κ1) is 18.6. The summed E-state index contributed by atoms with van der Waals surface area (Å²) in [5.74, 6) is -0.560. The zero-order valence-corrected chi connectivity index (χ0v) is 16.5. The van der Waals surface area contributed by atoms with Gasteiger partial charge in [-0.2, -0.15) is 0 Å². The van der Waals surface area contributed by atoms with Gasteiger partial charge in [0, 0.05) is 22.2 Å². The number of amides is 1. The van der Waals surface area contributed by atoms with E-state index in [1.165, 1.54) is 34.5 Å². The van der Waals surface area contributed by atoms with Crippen LogP contribution in [-0.4, -0.2) is 16.9 Å². The SMILES string of the molecule is CC(=O)N(c1cccc(Cl)c1)c1nc(COC(=O)c2ccc(C)s2)cs1. The van der Waals surface area contributed by atoms with Crippen LogP contribution in [-0.2, 0) is 16.1 Å². The average Bonchev–Trinajstić information content (AvgIpc) is 3.22. The fraction of sp³-hybridized carbons (Fsp3) is 0.167. The predicted molar refractivity (Wildman–Crippen MR) is 105 cm³/mol. The minimum Gasteiger partial charge on any atom is -0.455 e. The number of benzene rings is 1.